The molecule has 0 fully saturated rings. The van der Waals surface area contributed by atoms with Gasteiger partial charge in [-0.25, -0.2) is 13.2 Å². The maximum atomic E-state index is 14.6. The van der Waals surface area contributed by atoms with E-state index in [1.54, 1.807) is 30.3 Å². The highest BCUT2D eigenvalue weighted by Gasteiger charge is 2.31. The summed E-state index contributed by atoms with van der Waals surface area (Å²) in [6, 6.07) is 9.76. The van der Waals surface area contributed by atoms with Crippen LogP contribution in [0.5, 0.6) is 5.75 Å². The Hall–Kier alpha value is -2.90. The molecule has 0 bridgehead atoms. The molecule has 0 saturated carbocycles. The van der Waals surface area contributed by atoms with Crippen molar-refractivity contribution < 1.29 is 31.1 Å². The van der Waals surface area contributed by atoms with Gasteiger partial charge in [-0.3, -0.25) is 0 Å². The molecule has 0 amide bonds. The normalized spacial score (nSPS) is 16.5. The molecule has 8 heteroatoms. The van der Waals surface area contributed by atoms with Gasteiger partial charge in [0.15, 0.2) is 6.61 Å². The molecule has 0 spiro atoms. The van der Waals surface area contributed by atoms with Crippen LogP contribution in [0.25, 0.3) is 11.3 Å². The summed E-state index contributed by atoms with van der Waals surface area (Å²) >= 11 is 0. The van der Waals surface area contributed by atoms with Gasteiger partial charge in [0.05, 0.1) is 11.3 Å². The van der Waals surface area contributed by atoms with Crippen molar-refractivity contribution in [2.45, 2.75) is 32.6 Å². The molecule has 0 aromatic heterocycles. The third-order valence-electron chi connectivity index (χ3n) is 4.14. The molecule has 1 heterocycles. The van der Waals surface area contributed by atoms with E-state index in [-0.39, 0.29) is 17.8 Å². The van der Waals surface area contributed by atoms with Crippen molar-refractivity contribution in [3.05, 3.63) is 77.5 Å². The van der Waals surface area contributed by atoms with Crippen LogP contribution in [0.15, 0.2) is 54.7 Å². The molecular weight excluding hydrogens is 408 g/mol. The van der Waals surface area contributed by atoms with Gasteiger partial charge >= 0.3 is 6.18 Å². The number of alkyl halides is 4. The van der Waals surface area contributed by atoms with E-state index in [1.807, 2.05) is 13.8 Å². The molecule has 0 aliphatic carbocycles. The molecule has 2 aromatic carbocycles. The summed E-state index contributed by atoms with van der Waals surface area (Å²) in [6.07, 6.45) is -6.26. The third-order valence-corrected chi connectivity index (χ3v) is 4.14. The zero-order valence-electron chi connectivity index (χ0n) is 16.4. The molecule has 162 valence electrons. The molecule has 0 saturated heterocycles. The van der Waals surface area contributed by atoms with E-state index in [1.165, 1.54) is 0 Å². The number of rotatable bonds is 4. The minimum atomic E-state index is -4.65. The minimum absolute atomic E-state index is 0.0255. The molecule has 1 unspecified atom stereocenters. The highest BCUT2D eigenvalue weighted by Crippen LogP contribution is 2.38. The number of allylic oxidation sites excluding steroid dienone is 2. The van der Waals surface area contributed by atoms with Crippen molar-refractivity contribution in [1.29, 1.82) is 0 Å². The predicted octanol–water partition coefficient (Wildman–Crippen LogP) is 6.65. The van der Waals surface area contributed by atoms with Crippen LogP contribution in [0.2, 0.25) is 0 Å². The van der Waals surface area contributed by atoms with Crippen molar-refractivity contribution in [3.8, 4) is 5.75 Å². The van der Waals surface area contributed by atoms with E-state index < -0.39 is 41.9 Å². The first-order chi connectivity index (χ1) is 14.2. The quantitative estimate of drug-likeness (QED) is 0.550. The van der Waals surface area contributed by atoms with Gasteiger partial charge < -0.3 is 10.1 Å². The summed E-state index contributed by atoms with van der Waals surface area (Å²) in [4.78, 5) is 0. The van der Waals surface area contributed by atoms with Crippen LogP contribution in [0.3, 0.4) is 0 Å². The Morgan fingerprint density at radius 1 is 1.07 bits per heavy atom. The number of hydrogen-bond acceptors (Lipinski definition) is 2. The monoisotopic (exact) mass is 429 g/mol. The van der Waals surface area contributed by atoms with Gasteiger partial charge in [-0.15, -0.1) is 0 Å². The molecular formula is C22H21F6NO. The molecule has 1 aliphatic heterocycles. The fourth-order valence-electron chi connectivity index (χ4n) is 2.87. The molecule has 1 aliphatic rings. The van der Waals surface area contributed by atoms with Crippen LogP contribution >= 0.6 is 0 Å². The lowest BCUT2D eigenvalue weighted by Gasteiger charge is -2.27. The topological polar surface area (TPSA) is 21.3 Å². The predicted molar refractivity (Wildman–Crippen MR) is 104 cm³/mol. The minimum Gasteiger partial charge on any atom is -0.484 e. The van der Waals surface area contributed by atoms with Crippen molar-refractivity contribution in [1.82, 2.24) is 5.32 Å². The van der Waals surface area contributed by atoms with Crippen LogP contribution in [0.4, 0.5) is 26.3 Å². The van der Waals surface area contributed by atoms with Gasteiger partial charge in [-0.2, -0.15) is 13.2 Å². The Balaban J connectivity index is 0.00000155. The van der Waals surface area contributed by atoms with E-state index in [0.29, 0.717) is 23.3 Å². The number of nitrogens with one attached hydrogen (secondary N) is 1. The Bertz CT molecular complexity index is 898. The largest absolute Gasteiger partial charge is 0.484 e. The van der Waals surface area contributed by atoms with Gasteiger partial charge in [-0.1, -0.05) is 50.8 Å². The lowest BCUT2D eigenvalue weighted by Crippen LogP contribution is -2.27. The van der Waals surface area contributed by atoms with Gasteiger partial charge in [0, 0.05) is 24.3 Å². The van der Waals surface area contributed by atoms with Crippen molar-refractivity contribution in [3.63, 3.8) is 0 Å². The first-order valence-corrected chi connectivity index (χ1v) is 9.23. The maximum absolute atomic E-state index is 14.6. The Morgan fingerprint density at radius 3 is 2.17 bits per heavy atom. The van der Waals surface area contributed by atoms with Crippen LogP contribution < -0.4 is 10.1 Å². The van der Waals surface area contributed by atoms with Crippen molar-refractivity contribution >= 4 is 11.3 Å². The van der Waals surface area contributed by atoms with Crippen LogP contribution in [0.1, 0.15) is 31.4 Å². The molecule has 30 heavy (non-hydrogen) atoms. The summed E-state index contributed by atoms with van der Waals surface area (Å²) in [5.74, 6) is -2.88. The third kappa shape index (κ3) is 5.58. The summed E-state index contributed by atoms with van der Waals surface area (Å²) in [5, 5.41) is 2.60. The standard InChI is InChI=1S/C20H15F6NO.C2H6/c1-11-15(21)9-14(12-5-3-2-4-6-12)19(27-11)18-16(22)7-13(8-17(18)23)28-10-20(24,25)26;1-2/h2-8,15,27H,1,9-10H2;1-2H3. The lowest BCUT2D eigenvalue weighted by atomic mass is 9.90. The number of hydrogen-bond donors (Lipinski definition) is 1. The summed E-state index contributed by atoms with van der Waals surface area (Å²) < 4.78 is 84.6. The van der Waals surface area contributed by atoms with E-state index in [4.69, 9.17) is 0 Å². The van der Waals surface area contributed by atoms with Crippen molar-refractivity contribution in [2.24, 2.45) is 0 Å². The summed E-state index contributed by atoms with van der Waals surface area (Å²) in [5.41, 5.74) is 0.262. The van der Waals surface area contributed by atoms with Gasteiger partial charge in [0.1, 0.15) is 23.6 Å². The first-order valence-electron chi connectivity index (χ1n) is 9.23. The average molecular weight is 429 g/mol. The zero-order chi connectivity index (χ0) is 22.5. The van der Waals surface area contributed by atoms with E-state index >= 15 is 0 Å². The van der Waals surface area contributed by atoms with Gasteiger partial charge in [0.25, 0.3) is 0 Å². The molecule has 2 aromatic rings. The molecule has 2 nitrogen and oxygen atoms in total. The second-order valence-electron chi connectivity index (χ2n) is 6.21. The van der Waals surface area contributed by atoms with Gasteiger partial charge in [-0.05, 0) is 11.1 Å². The smallest absolute Gasteiger partial charge is 0.422 e. The molecule has 3 rings (SSSR count). The van der Waals surface area contributed by atoms with E-state index in [0.717, 1.165) is 0 Å². The number of ether oxygens (including phenoxy) is 1. The second-order valence-corrected chi connectivity index (χ2v) is 6.21. The molecule has 0 radical (unpaired) electrons. The van der Waals surface area contributed by atoms with Crippen LogP contribution in [-0.2, 0) is 0 Å². The summed E-state index contributed by atoms with van der Waals surface area (Å²) in [7, 11) is 0. The molecule has 1 atom stereocenters. The van der Waals surface area contributed by atoms with Crippen LogP contribution in [-0.4, -0.2) is 19.0 Å². The molecule has 1 N–H and O–H groups in total. The second kappa shape index (κ2) is 9.73. The fraction of sp³-hybridized carbons (Fsp3) is 0.273. The maximum Gasteiger partial charge on any atom is 0.422 e. The zero-order valence-corrected chi connectivity index (χ0v) is 16.4. The fourth-order valence-corrected chi connectivity index (χ4v) is 2.87. The lowest BCUT2D eigenvalue weighted by molar-refractivity contribution is -0.153. The highest BCUT2D eigenvalue weighted by molar-refractivity contribution is 5.92. The SMILES string of the molecule is C=C1NC(c2c(F)cc(OCC(F)(F)F)cc2F)=C(c2ccccc2)CC1F.CC. The van der Waals surface area contributed by atoms with E-state index in [9.17, 15) is 26.3 Å². The van der Waals surface area contributed by atoms with E-state index in [2.05, 4.69) is 16.6 Å². The first kappa shape index (κ1) is 23.4. The Kier molecular flexibility index (Phi) is 7.59. The number of benzene rings is 2. The highest BCUT2D eigenvalue weighted by atomic mass is 19.4. The Labute approximate surface area is 170 Å². The summed E-state index contributed by atoms with van der Waals surface area (Å²) in [6.45, 7) is 5.84. The van der Waals surface area contributed by atoms with Gasteiger partial charge in [0.2, 0.25) is 0 Å². The van der Waals surface area contributed by atoms with Crippen LogP contribution in [0, 0.1) is 11.6 Å². The van der Waals surface area contributed by atoms with Crippen molar-refractivity contribution in [2.75, 3.05) is 6.61 Å². The number of halogens is 6. The average Bonchev–Trinajstić information content (AvgIpc) is 2.70. The Morgan fingerprint density at radius 2 is 1.63 bits per heavy atom.